The fourth-order valence-electron chi connectivity index (χ4n) is 7.43. The van der Waals surface area contributed by atoms with Crippen LogP contribution in [0.15, 0.2) is 59.7 Å². The molecule has 0 amide bonds. The van der Waals surface area contributed by atoms with Gasteiger partial charge >= 0.3 is 103 Å². The van der Waals surface area contributed by atoms with Crippen LogP contribution in [0.1, 0.15) is 218 Å². The van der Waals surface area contributed by atoms with Crippen LogP contribution in [0.5, 0.6) is 0 Å². The van der Waals surface area contributed by atoms with E-state index in [4.69, 9.17) is 0 Å². The molecule has 0 atom stereocenters. The summed E-state index contributed by atoms with van der Waals surface area (Å²) < 4.78 is 1.56. The van der Waals surface area contributed by atoms with Crippen LogP contribution in [0.25, 0.3) is 16.9 Å². The van der Waals surface area contributed by atoms with E-state index in [2.05, 4.69) is 90.1 Å². The second-order valence-corrected chi connectivity index (χ2v) is 16.9. The Labute approximate surface area is 335 Å². The van der Waals surface area contributed by atoms with Crippen molar-refractivity contribution in [1.29, 1.82) is 0 Å². The second-order valence-electron chi connectivity index (χ2n) is 15.4. The van der Waals surface area contributed by atoms with Crippen LogP contribution in [-0.2, 0) is 27.3 Å². The van der Waals surface area contributed by atoms with Gasteiger partial charge in [-0.15, -0.1) is 0 Å². The number of hydrogen-bond acceptors (Lipinski definition) is 0. The van der Waals surface area contributed by atoms with E-state index in [0.717, 1.165) is 48.2 Å². The average Bonchev–Trinajstić information content (AvgIpc) is 3.46. The molecule has 0 saturated heterocycles. The maximum absolute atomic E-state index is 11.9. The molecule has 1 heterocycles. The normalized spacial score (nSPS) is 13.0. The third kappa shape index (κ3) is 18.9. The van der Waals surface area contributed by atoms with Crippen molar-refractivity contribution in [2.24, 2.45) is 0 Å². The number of hydrogen-bond donors (Lipinski definition) is 0. The molecule has 0 unspecified atom stereocenters. The van der Waals surface area contributed by atoms with Crippen molar-refractivity contribution in [2.75, 3.05) is 0 Å². The van der Waals surface area contributed by atoms with Crippen LogP contribution in [0, 0.1) is 0 Å². The Kier molecular flexibility index (Phi) is 27.8. The molecule has 0 radical (unpaired) electrons. The third-order valence-corrected chi connectivity index (χ3v) is 12.2. The van der Waals surface area contributed by atoms with Crippen LogP contribution >= 0.6 is 0 Å². The second kappa shape index (κ2) is 31.2. The van der Waals surface area contributed by atoms with E-state index < -0.39 is 0 Å². The number of allylic oxidation sites excluding steroid dienone is 2. The van der Waals surface area contributed by atoms with Gasteiger partial charge in [0.2, 0.25) is 11.4 Å². The molecule has 0 N–H and O–H groups in total. The summed E-state index contributed by atoms with van der Waals surface area (Å²) in [5, 5.41) is 2.84. The van der Waals surface area contributed by atoms with Gasteiger partial charge in [0, 0.05) is 22.3 Å². The Balaban J connectivity index is 0.000000546. The third-order valence-electron chi connectivity index (χ3n) is 10.8. The molecule has 3 heteroatoms. The van der Waals surface area contributed by atoms with Crippen LogP contribution in [0.3, 0.4) is 0 Å². The van der Waals surface area contributed by atoms with E-state index in [1.807, 2.05) is 14.4 Å². The number of unbranched alkanes of at least 4 members (excludes halogenated alkanes) is 18. The molecule has 1 aliphatic heterocycles. The first-order valence-electron chi connectivity index (χ1n) is 22.6. The van der Waals surface area contributed by atoms with Gasteiger partial charge in [-0.3, -0.25) is 0 Å². The summed E-state index contributed by atoms with van der Waals surface area (Å²) in [6, 6.07) is 17.6. The van der Waals surface area contributed by atoms with Gasteiger partial charge in [0.05, 0.1) is 0 Å². The van der Waals surface area contributed by atoms with Gasteiger partial charge in [-0.05, 0) is 73.9 Å². The predicted octanol–water partition coefficient (Wildman–Crippen LogP) is 17.3. The maximum atomic E-state index is 11.9. The van der Waals surface area contributed by atoms with Crippen molar-refractivity contribution in [1.82, 2.24) is 0 Å². The summed E-state index contributed by atoms with van der Waals surface area (Å²) in [7, 11) is 0. The van der Waals surface area contributed by atoms with Crippen molar-refractivity contribution in [3.05, 3.63) is 87.5 Å². The van der Waals surface area contributed by atoms with E-state index in [1.165, 1.54) is 174 Å². The molecule has 53 heavy (non-hydrogen) atoms. The van der Waals surface area contributed by atoms with Crippen molar-refractivity contribution in [2.45, 2.75) is 219 Å². The molecule has 2 aromatic rings. The van der Waals surface area contributed by atoms with E-state index in [-0.39, 0.29) is 0 Å². The molecule has 0 bridgehead atoms. The van der Waals surface area contributed by atoms with Gasteiger partial charge in [0.1, 0.15) is 0 Å². The summed E-state index contributed by atoms with van der Waals surface area (Å²) in [6.45, 7) is 13.5. The van der Waals surface area contributed by atoms with Gasteiger partial charge < -0.3 is 5.53 Å². The molecular weight excluding hydrogens is 687 g/mol. The molecule has 302 valence electrons. The minimum atomic E-state index is 1.00. The van der Waals surface area contributed by atoms with Crippen molar-refractivity contribution in [3.8, 4) is 0 Å². The summed E-state index contributed by atoms with van der Waals surface area (Å²) in [6.07, 6.45) is 33.9. The summed E-state index contributed by atoms with van der Waals surface area (Å²) in [4.78, 5) is 0. The topological polar surface area (TPSA) is 25.3 Å². The monoisotopic (exact) mass is 769 g/mol. The molecule has 0 spiro atoms. The molecule has 0 aromatic heterocycles. The first kappa shape index (κ1) is 47.2. The zero-order valence-corrected chi connectivity index (χ0v) is 36.6. The Hall–Kier alpha value is -1.99. The van der Waals surface area contributed by atoms with Crippen LogP contribution in [-0.4, -0.2) is 4.70 Å². The first-order valence-corrected chi connectivity index (χ1v) is 24.0. The summed E-state index contributed by atoms with van der Waals surface area (Å²) >= 11 is 2.00. The molecule has 0 aliphatic carbocycles. The number of benzene rings is 2. The van der Waals surface area contributed by atoms with Crippen LogP contribution < -0.4 is 0 Å². The average molecular weight is 770 g/mol. The Bertz CT molecular complexity index is 1210. The Morgan fingerprint density at radius 3 is 1.13 bits per heavy atom. The molecular formula is C50H82N2Ni. The van der Waals surface area contributed by atoms with Gasteiger partial charge in [-0.2, -0.15) is 0 Å². The SMILES string of the molecule is CCCCCCCCC1=C(c2cccc(CC)c2)[N+](=[N-])C(c2cccc(CC)c2)=C1CCCCCCCC.CCCCCC[CH2][Ni][CH2]CCCCCC. The number of nitrogens with zero attached hydrogens (tertiary/aromatic N) is 2. The first-order chi connectivity index (χ1) is 26.1. The molecule has 3 rings (SSSR count). The van der Waals surface area contributed by atoms with Crippen LogP contribution in [0.2, 0.25) is 10.8 Å². The molecule has 1 aliphatic rings. The Morgan fingerprint density at radius 1 is 0.434 bits per heavy atom. The number of aryl methyl sites for hydroxylation is 2. The van der Waals surface area contributed by atoms with Gasteiger partial charge in [0.25, 0.3) is 0 Å². The van der Waals surface area contributed by atoms with Crippen molar-refractivity contribution in [3.63, 3.8) is 0 Å². The van der Waals surface area contributed by atoms with Crippen molar-refractivity contribution < 1.29 is 19.1 Å². The summed E-state index contributed by atoms with van der Waals surface area (Å²) in [5.74, 6) is 0. The zero-order valence-electron chi connectivity index (χ0n) is 35.6. The van der Waals surface area contributed by atoms with Gasteiger partial charge in [-0.25, -0.2) is 4.70 Å². The van der Waals surface area contributed by atoms with Gasteiger partial charge in [0.15, 0.2) is 0 Å². The van der Waals surface area contributed by atoms with Gasteiger partial charge in [-0.1, -0.05) is 116 Å². The van der Waals surface area contributed by atoms with E-state index in [9.17, 15) is 5.53 Å². The quantitative estimate of drug-likeness (QED) is 0.0430. The predicted molar refractivity (Wildman–Crippen MR) is 232 cm³/mol. The van der Waals surface area contributed by atoms with E-state index in [1.54, 1.807) is 4.70 Å². The van der Waals surface area contributed by atoms with E-state index >= 15 is 0 Å². The zero-order chi connectivity index (χ0) is 38.4. The van der Waals surface area contributed by atoms with E-state index in [0.29, 0.717) is 0 Å². The Morgan fingerprint density at radius 2 is 0.774 bits per heavy atom. The number of rotatable bonds is 30. The summed E-state index contributed by atoms with van der Waals surface area (Å²) in [5.41, 5.74) is 21.6. The molecule has 0 saturated carbocycles. The van der Waals surface area contributed by atoms with Crippen LogP contribution in [0.4, 0.5) is 0 Å². The molecule has 0 fully saturated rings. The van der Waals surface area contributed by atoms with Crippen molar-refractivity contribution >= 4 is 11.4 Å². The minimum absolute atomic E-state index is 1.00. The fraction of sp³-hybridized carbons (Fsp3) is 0.680. The fourth-order valence-corrected chi connectivity index (χ4v) is 8.66. The standard InChI is InChI=1S/C36H52N2.2C7H15.Ni/c1-5-9-11-13-15-17-25-33-34(26-18-16-14-12-10-6-2)36(32-24-20-22-30(8-4)28-32)38(37)35(33)31-23-19-21-29(7-3)27-31;2*1-3-5-7-6-4-2;/h19-24,27-28H,5-18,25-26H2,1-4H3;2*1,3-7H2,2H3;. The molecule has 2 nitrogen and oxygen atoms in total. The molecule has 2 aromatic carbocycles.